The van der Waals surface area contributed by atoms with Gasteiger partial charge in [0.05, 0.1) is 23.3 Å². The molecule has 122 valence electrons. The van der Waals surface area contributed by atoms with Crippen molar-refractivity contribution >= 4 is 23.0 Å². The molecule has 3 aromatic rings. The third kappa shape index (κ3) is 2.62. The van der Waals surface area contributed by atoms with Crippen LogP contribution >= 0.6 is 0 Å². The number of hydrogen-bond donors (Lipinski definition) is 0. The molecule has 4 rings (SSSR count). The van der Waals surface area contributed by atoms with Crippen molar-refractivity contribution in [2.75, 3.05) is 13.1 Å². The Morgan fingerprint density at radius 3 is 3.00 bits per heavy atom. The lowest BCUT2D eigenvalue weighted by molar-refractivity contribution is -0.125. The zero-order chi connectivity index (χ0) is 16.5. The monoisotopic (exact) mass is 321 g/mol. The minimum Gasteiger partial charge on any atom is -0.465 e. The maximum Gasteiger partial charge on any atom is 0.246 e. The lowest BCUT2D eigenvalue weighted by Gasteiger charge is -2.17. The van der Waals surface area contributed by atoms with E-state index in [0.717, 1.165) is 29.8 Å². The van der Waals surface area contributed by atoms with Gasteiger partial charge in [-0.2, -0.15) is 0 Å². The molecule has 1 unspecified atom stereocenters. The summed E-state index contributed by atoms with van der Waals surface area (Å²) < 4.78 is 7.48. The van der Waals surface area contributed by atoms with Gasteiger partial charge in [0.25, 0.3) is 0 Å². The molecule has 1 aliphatic heterocycles. The number of nitrogens with zero attached hydrogens (tertiary/aromatic N) is 3. The van der Waals surface area contributed by atoms with E-state index in [1.807, 2.05) is 42.2 Å². The smallest absolute Gasteiger partial charge is 0.246 e. The van der Waals surface area contributed by atoms with Gasteiger partial charge in [-0.05, 0) is 43.7 Å². The van der Waals surface area contributed by atoms with Crippen LogP contribution in [-0.4, -0.2) is 33.4 Å². The second kappa shape index (κ2) is 6.00. The Labute approximate surface area is 140 Å². The molecule has 1 saturated heterocycles. The Bertz CT molecular complexity index is 893. The molecule has 0 saturated carbocycles. The molecule has 1 atom stereocenters. The number of para-hydroxylation sites is 2. The van der Waals surface area contributed by atoms with Crippen LogP contribution in [-0.2, 0) is 4.79 Å². The molecule has 5 nitrogen and oxygen atoms in total. The van der Waals surface area contributed by atoms with E-state index < -0.39 is 0 Å². The minimum absolute atomic E-state index is 0.0240. The van der Waals surface area contributed by atoms with E-state index in [0.29, 0.717) is 12.3 Å². The molecule has 1 aromatic carbocycles. The number of carbonyl (C=O) groups is 1. The standard InChI is InChI=1S/C19H19N3O2/c1-14-20-17-6-2-3-7-18(17)22(14)15-10-11-21(13-15)19(23)9-8-16-5-4-12-24-16/h2-9,12,15H,10-11,13H2,1H3/b9-8+. The van der Waals surface area contributed by atoms with E-state index in [4.69, 9.17) is 4.42 Å². The average molecular weight is 321 g/mol. The second-order valence-corrected chi connectivity index (χ2v) is 6.09. The van der Waals surface area contributed by atoms with Gasteiger partial charge in [0.1, 0.15) is 11.6 Å². The number of rotatable bonds is 3. The van der Waals surface area contributed by atoms with Crippen LogP contribution in [0.2, 0.25) is 0 Å². The fourth-order valence-corrected chi connectivity index (χ4v) is 3.42. The molecule has 0 N–H and O–H groups in total. The van der Waals surface area contributed by atoms with Crippen molar-refractivity contribution in [3.8, 4) is 0 Å². The predicted molar refractivity (Wildman–Crippen MR) is 92.4 cm³/mol. The first-order valence-electron chi connectivity index (χ1n) is 8.16. The topological polar surface area (TPSA) is 51.3 Å². The highest BCUT2D eigenvalue weighted by atomic mass is 16.3. The van der Waals surface area contributed by atoms with E-state index in [-0.39, 0.29) is 11.9 Å². The number of aromatic nitrogens is 2. The molecule has 1 amide bonds. The average Bonchev–Trinajstić information content (AvgIpc) is 3.31. The quantitative estimate of drug-likeness (QED) is 0.695. The van der Waals surface area contributed by atoms with Gasteiger partial charge in [0, 0.05) is 19.2 Å². The third-order valence-corrected chi connectivity index (χ3v) is 4.55. The van der Waals surface area contributed by atoms with Crippen LogP contribution in [0.3, 0.4) is 0 Å². The normalized spacial score (nSPS) is 18.0. The van der Waals surface area contributed by atoms with Crippen molar-refractivity contribution in [3.63, 3.8) is 0 Å². The first kappa shape index (κ1) is 14.8. The molecular weight excluding hydrogens is 302 g/mol. The SMILES string of the molecule is Cc1nc2ccccc2n1C1CCN(C(=O)/C=C/c2ccco2)C1. The first-order chi connectivity index (χ1) is 11.7. The van der Waals surface area contributed by atoms with Gasteiger partial charge in [-0.15, -0.1) is 0 Å². The highest BCUT2D eigenvalue weighted by Crippen LogP contribution is 2.28. The number of likely N-dealkylation sites (tertiary alicyclic amines) is 1. The van der Waals surface area contributed by atoms with E-state index in [9.17, 15) is 4.79 Å². The van der Waals surface area contributed by atoms with Crippen molar-refractivity contribution in [2.24, 2.45) is 0 Å². The van der Waals surface area contributed by atoms with Crippen LogP contribution in [0.4, 0.5) is 0 Å². The summed E-state index contributed by atoms with van der Waals surface area (Å²) in [4.78, 5) is 18.9. The number of hydrogen-bond acceptors (Lipinski definition) is 3. The molecule has 2 aromatic heterocycles. The van der Waals surface area contributed by atoms with Gasteiger partial charge < -0.3 is 13.9 Å². The first-order valence-corrected chi connectivity index (χ1v) is 8.16. The van der Waals surface area contributed by atoms with E-state index in [1.165, 1.54) is 0 Å². The number of amides is 1. The van der Waals surface area contributed by atoms with Crippen LogP contribution in [0, 0.1) is 6.92 Å². The molecule has 0 aliphatic carbocycles. The number of fused-ring (bicyclic) bond motifs is 1. The largest absolute Gasteiger partial charge is 0.465 e. The Balaban J connectivity index is 1.51. The molecule has 1 fully saturated rings. The number of carbonyl (C=O) groups excluding carboxylic acids is 1. The molecule has 3 heterocycles. The van der Waals surface area contributed by atoms with Crippen LogP contribution in [0.5, 0.6) is 0 Å². The summed E-state index contributed by atoms with van der Waals surface area (Å²) in [5.41, 5.74) is 2.15. The summed E-state index contributed by atoms with van der Waals surface area (Å²) in [5, 5.41) is 0. The Kier molecular flexibility index (Phi) is 3.69. The number of aryl methyl sites for hydroxylation is 1. The van der Waals surface area contributed by atoms with Crippen LogP contribution in [0.15, 0.2) is 53.2 Å². The maximum atomic E-state index is 12.4. The second-order valence-electron chi connectivity index (χ2n) is 6.09. The third-order valence-electron chi connectivity index (χ3n) is 4.55. The molecular formula is C19H19N3O2. The highest BCUT2D eigenvalue weighted by molar-refractivity contribution is 5.91. The fraction of sp³-hybridized carbons (Fsp3) is 0.263. The van der Waals surface area contributed by atoms with Crippen LogP contribution < -0.4 is 0 Å². The number of imidazole rings is 1. The minimum atomic E-state index is 0.0240. The summed E-state index contributed by atoms with van der Waals surface area (Å²) in [7, 11) is 0. The van der Waals surface area contributed by atoms with Crippen molar-refractivity contribution in [1.29, 1.82) is 0 Å². The van der Waals surface area contributed by atoms with E-state index >= 15 is 0 Å². The zero-order valence-electron chi connectivity index (χ0n) is 13.6. The summed E-state index contributed by atoms with van der Waals surface area (Å²) in [5.74, 6) is 1.72. The predicted octanol–water partition coefficient (Wildman–Crippen LogP) is 3.42. The lowest BCUT2D eigenvalue weighted by Crippen LogP contribution is -2.27. The Morgan fingerprint density at radius 1 is 1.29 bits per heavy atom. The summed E-state index contributed by atoms with van der Waals surface area (Å²) in [6.07, 6.45) is 5.85. The molecule has 24 heavy (non-hydrogen) atoms. The van der Waals surface area contributed by atoms with E-state index in [2.05, 4.69) is 15.6 Å². The summed E-state index contributed by atoms with van der Waals surface area (Å²) in [6.45, 7) is 3.50. The molecule has 0 spiro atoms. The summed E-state index contributed by atoms with van der Waals surface area (Å²) >= 11 is 0. The maximum absolute atomic E-state index is 12.4. The summed E-state index contributed by atoms with van der Waals surface area (Å²) in [6, 6.07) is 12.1. The number of furan rings is 1. The van der Waals surface area contributed by atoms with Crippen LogP contribution in [0.25, 0.3) is 17.1 Å². The van der Waals surface area contributed by atoms with Crippen molar-refractivity contribution < 1.29 is 9.21 Å². The molecule has 0 bridgehead atoms. The van der Waals surface area contributed by atoms with Gasteiger partial charge in [0.15, 0.2) is 0 Å². The fourth-order valence-electron chi connectivity index (χ4n) is 3.42. The van der Waals surface area contributed by atoms with Gasteiger partial charge >= 0.3 is 0 Å². The number of benzene rings is 1. The van der Waals surface area contributed by atoms with Gasteiger partial charge in [0.2, 0.25) is 5.91 Å². The van der Waals surface area contributed by atoms with Crippen LogP contribution in [0.1, 0.15) is 24.0 Å². The van der Waals surface area contributed by atoms with Crippen molar-refractivity contribution in [3.05, 3.63) is 60.3 Å². The van der Waals surface area contributed by atoms with Gasteiger partial charge in [-0.1, -0.05) is 12.1 Å². The highest BCUT2D eigenvalue weighted by Gasteiger charge is 2.28. The molecule has 0 radical (unpaired) electrons. The van der Waals surface area contributed by atoms with Gasteiger partial charge in [-0.25, -0.2) is 4.98 Å². The zero-order valence-corrected chi connectivity index (χ0v) is 13.6. The van der Waals surface area contributed by atoms with Gasteiger partial charge in [-0.3, -0.25) is 4.79 Å². The molecule has 1 aliphatic rings. The van der Waals surface area contributed by atoms with Crippen molar-refractivity contribution in [1.82, 2.24) is 14.5 Å². The lowest BCUT2D eigenvalue weighted by atomic mass is 10.2. The Morgan fingerprint density at radius 2 is 2.17 bits per heavy atom. The van der Waals surface area contributed by atoms with E-state index in [1.54, 1.807) is 18.4 Å². The Hall–Kier alpha value is -2.82. The molecule has 5 heteroatoms. The van der Waals surface area contributed by atoms with Crippen molar-refractivity contribution in [2.45, 2.75) is 19.4 Å².